The van der Waals surface area contributed by atoms with Crippen molar-refractivity contribution in [3.63, 3.8) is 0 Å². The van der Waals surface area contributed by atoms with E-state index in [0.717, 1.165) is 22.5 Å². The summed E-state index contributed by atoms with van der Waals surface area (Å²) in [7, 11) is 0. The highest BCUT2D eigenvalue weighted by atomic mass is 16.6. The fourth-order valence-corrected chi connectivity index (χ4v) is 6.50. The molecule has 42 heavy (non-hydrogen) atoms. The Morgan fingerprint density at radius 2 is 1.43 bits per heavy atom. The van der Waals surface area contributed by atoms with Gasteiger partial charge >= 0.3 is 5.97 Å². The molecule has 220 valence electrons. The molecular formula is C33H36N2O7. The lowest BCUT2D eigenvalue weighted by atomic mass is 9.63. The van der Waals surface area contributed by atoms with E-state index in [2.05, 4.69) is 27.7 Å². The number of allylic oxidation sites excluding steroid dienone is 4. The van der Waals surface area contributed by atoms with Crippen molar-refractivity contribution in [2.45, 2.75) is 72.3 Å². The molecule has 0 aromatic heterocycles. The van der Waals surface area contributed by atoms with Crippen LogP contribution in [-0.4, -0.2) is 39.0 Å². The maximum atomic E-state index is 13.8. The summed E-state index contributed by atoms with van der Waals surface area (Å²) >= 11 is 0. The van der Waals surface area contributed by atoms with Gasteiger partial charge in [0.05, 0.1) is 11.3 Å². The van der Waals surface area contributed by atoms with E-state index < -0.39 is 16.8 Å². The molecule has 2 aromatic rings. The first kappa shape index (κ1) is 29.2. The number of Topliss-reactive ketones (excluding diaryl/α,β-unsaturated/α-hetero) is 2. The molecule has 1 N–H and O–H groups in total. The number of nitro groups is 1. The highest BCUT2D eigenvalue weighted by Crippen LogP contribution is 2.54. The Morgan fingerprint density at radius 1 is 0.905 bits per heavy atom. The van der Waals surface area contributed by atoms with E-state index in [0.29, 0.717) is 42.6 Å². The van der Waals surface area contributed by atoms with Gasteiger partial charge in [0, 0.05) is 60.0 Å². The quantitative estimate of drug-likeness (QED) is 0.287. The molecule has 0 bridgehead atoms. The second-order valence-corrected chi connectivity index (χ2v) is 13.1. The van der Waals surface area contributed by atoms with Gasteiger partial charge in [-0.05, 0) is 59.1 Å². The summed E-state index contributed by atoms with van der Waals surface area (Å²) in [6.45, 7) is 8.64. The fourth-order valence-electron chi connectivity index (χ4n) is 6.50. The largest absolute Gasteiger partial charge is 0.489 e. The van der Waals surface area contributed by atoms with Crippen LogP contribution in [0.15, 0.2) is 71.1 Å². The fraction of sp³-hybridized carbons (Fsp3) is 0.424. The molecule has 2 aromatic carbocycles. The zero-order chi connectivity index (χ0) is 30.4. The van der Waals surface area contributed by atoms with Crippen molar-refractivity contribution < 1.29 is 29.2 Å². The van der Waals surface area contributed by atoms with Crippen LogP contribution in [0.3, 0.4) is 0 Å². The molecule has 5 rings (SSSR count). The zero-order valence-electron chi connectivity index (χ0n) is 24.4. The van der Waals surface area contributed by atoms with Gasteiger partial charge in [-0.15, -0.1) is 0 Å². The van der Waals surface area contributed by atoms with Gasteiger partial charge in [0.15, 0.2) is 11.6 Å². The summed E-state index contributed by atoms with van der Waals surface area (Å²) in [5.41, 5.74) is 3.92. The number of rotatable bonds is 8. The lowest BCUT2D eigenvalue weighted by molar-refractivity contribution is -0.384. The summed E-state index contributed by atoms with van der Waals surface area (Å²) < 4.78 is 5.92. The third-order valence-corrected chi connectivity index (χ3v) is 8.34. The highest BCUT2D eigenvalue weighted by Gasteiger charge is 2.48. The molecule has 9 nitrogen and oxygen atoms in total. The average Bonchev–Trinajstić information content (AvgIpc) is 2.89. The third kappa shape index (κ3) is 5.86. The van der Waals surface area contributed by atoms with Crippen LogP contribution in [-0.2, 0) is 21.0 Å². The molecule has 0 atom stereocenters. The Morgan fingerprint density at radius 3 is 1.90 bits per heavy atom. The number of nitrogens with zero attached hydrogens (tertiary/aromatic N) is 2. The summed E-state index contributed by atoms with van der Waals surface area (Å²) in [6.07, 6.45) is 1.85. The molecule has 3 aliphatic rings. The first-order valence-corrected chi connectivity index (χ1v) is 14.2. The van der Waals surface area contributed by atoms with Crippen LogP contribution in [0.4, 0.5) is 5.69 Å². The van der Waals surface area contributed by atoms with Crippen LogP contribution < -0.4 is 4.74 Å². The van der Waals surface area contributed by atoms with Crippen molar-refractivity contribution in [3.05, 3.63) is 92.3 Å². The summed E-state index contributed by atoms with van der Waals surface area (Å²) in [6, 6.07) is 13.6. The number of carboxylic acids is 1. The number of hydrogen-bond acceptors (Lipinski definition) is 7. The molecule has 0 amide bonds. The van der Waals surface area contributed by atoms with E-state index in [1.54, 1.807) is 12.1 Å². The molecule has 1 heterocycles. The first-order valence-electron chi connectivity index (χ1n) is 14.2. The van der Waals surface area contributed by atoms with Gasteiger partial charge in [-0.2, -0.15) is 0 Å². The number of ketones is 2. The van der Waals surface area contributed by atoms with Gasteiger partial charge < -0.3 is 14.7 Å². The predicted molar refractivity (Wildman–Crippen MR) is 156 cm³/mol. The molecule has 0 radical (unpaired) electrons. The molecule has 0 fully saturated rings. The van der Waals surface area contributed by atoms with Crippen molar-refractivity contribution in [2.24, 2.45) is 10.8 Å². The second kappa shape index (κ2) is 10.9. The minimum atomic E-state index is -0.923. The summed E-state index contributed by atoms with van der Waals surface area (Å²) in [5.74, 6) is -0.865. The van der Waals surface area contributed by atoms with Gasteiger partial charge in [-0.3, -0.25) is 24.5 Å². The van der Waals surface area contributed by atoms with Crippen LogP contribution >= 0.6 is 0 Å². The monoisotopic (exact) mass is 572 g/mol. The lowest BCUT2D eigenvalue weighted by Crippen LogP contribution is -2.45. The average molecular weight is 573 g/mol. The van der Waals surface area contributed by atoms with Crippen LogP contribution in [0.1, 0.15) is 76.8 Å². The number of ether oxygens (including phenoxy) is 1. The normalized spacial score (nSPS) is 19.9. The molecule has 0 saturated heterocycles. The highest BCUT2D eigenvalue weighted by molar-refractivity contribution is 6.06. The van der Waals surface area contributed by atoms with Gasteiger partial charge in [0.25, 0.3) is 5.69 Å². The Hall–Kier alpha value is -4.27. The van der Waals surface area contributed by atoms with Gasteiger partial charge in [-0.25, -0.2) is 0 Å². The van der Waals surface area contributed by atoms with Crippen LogP contribution in [0.25, 0.3) is 0 Å². The maximum absolute atomic E-state index is 13.8. The number of carboxylic acid groups (broad SMARTS) is 1. The van der Waals surface area contributed by atoms with Crippen molar-refractivity contribution >= 4 is 23.2 Å². The van der Waals surface area contributed by atoms with E-state index in [9.17, 15) is 29.6 Å². The smallest absolute Gasteiger partial charge is 0.305 e. The zero-order valence-corrected chi connectivity index (χ0v) is 24.4. The maximum Gasteiger partial charge on any atom is 0.305 e. The minimum Gasteiger partial charge on any atom is -0.489 e. The summed E-state index contributed by atoms with van der Waals surface area (Å²) in [4.78, 5) is 51.7. The van der Waals surface area contributed by atoms with Gasteiger partial charge in [-0.1, -0.05) is 39.8 Å². The van der Waals surface area contributed by atoms with Crippen molar-refractivity contribution in [1.82, 2.24) is 4.90 Å². The molecule has 0 saturated carbocycles. The van der Waals surface area contributed by atoms with Gasteiger partial charge in [0.2, 0.25) is 0 Å². The summed E-state index contributed by atoms with van der Waals surface area (Å²) in [5, 5.41) is 20.4. The number of carbonyl (C=O) groups is 3. The van der Waals surface area contributed by atoms with E-state index in [4.69, 9.17) is 4.74 Å². The van der Waals surface area contributed by atoms with Gasteiger partial charge in [0.1, 0.15) is 12.4 Å². The Kier molecular flexibility index (Phi) is 7.55. The first-order chi connectivity index (χ1) is 19.7. The SMILES string of the molecule is CC1(C)CC(=O)C2=C(C1)N(CCC(=O)O)C1=C(C(=O)CC(C)(C)C1)C2c1ccc(OCc2ccc([N+](=O)[O-])cc2)cc1. The number of aliphatic carboxylic acids is 1. The van der Waals surface area contributed by atoms with E-state index in [-0.39, 0.29) is 47.7 Å². The molecular weight excluding hydrogens is 536 g/mol. The number of nitro benzene ring substituents is 1. The van der Waals surface area contributed by atoms with Crippen LogP contribution in [0.2, 0.25) is 0 Å². The number of carbonyl (C=O) groups excluding carboxylic acids is 2. The Labute approximate surface area is 245 Å². The third-order valence-electron chi connectivity index (χ3n) is 8.34. The Balaban J connectivity index is 1.52. The predicted octanol–water partition coefficient (Wildman–Crippen LogP) is 6.33. The molecule has 0 unspecified atom stereocenters. The molecule has 1 aliphatic heterocycles. The lowest BCUT2D eigenvalue weighted by Gasteiger charge is -2.49. The Bertz CT molecular complexity index is 1460. The van der Waals surface area contributed by atoms with Crippen molar-refractivity contribution in [3.8, 4) is 5.75 Å². The molecule has 9 heteroatoms. The number of hydrogen-bond donors (Lipinski definition) is 1. The molecule has 0 spiro atoms. The van der Waals surface area contributed by atoms with E-state index >= 15 is 0 Å². The second-order valence-electron chi connectivity index (χ2n) is 13.1. The molecule has 2 aliphatic carbocycles. The van der Waals surface area contributed by atoms with E-state index in [1.165, 1.54) is 12.1 Å². The van der Waals surface area contributed by atoms with Crippen LogP contribution in [0.5, 0.6) is 5.75 Å². The van der Waals surface area contributed by atoms with E-state index in [1.807, 2.05) is 29.2 Å². The topological polar surface area (TPSA) is 127 Å². The minimum absolute atomic E-state index is 0.00532. The number of non-ortho nitro benzene ring substituents is 1. The van der Waals surface area contributed by atoms with Crippen LogP contribution in [0, 0.1) is 20.9 Å². The van der Waals surface area contributed by atoms with Crippen molar-refractivity contribution in [2.75, 3.05) is 6.54 Å². The number of benzene rings is 2. The standard InChI is InChI=1S/C33H36N2O7/c1-32(2)15-24-30(26(36)17-32)29(31-25(34(24)14-13-28(38)39)16-33(3,4)18-27(31)37)21-7-11-23(12-8-21)42-19-20-5-9-22(10-6-20)35(40)41/h5-12,29H,13-19H2,1-4H3,(H,38,39). The van der Waals surface area contributed by atoms with Crippen molar-refractivity contribution in [1.29, 1.82) is 0 Å².